The molecule has 29 heavy (non-hydrogen) atoms. The van der Waals surface area contributed by atoms with E-state index in [1.54, 1.807) is 0 Å². The highest BCUT2D eigenvalue weighted by Crippen LogP contribution is 2.34. The molecule has 0 radical (unpaired) electrons. The van der Waals surface area contributed by atoms with Crippen LogP contribution in [0.3, 0.4) is 0 Å². The van der Waals surface area contributed by atoms with E-state index in [9.17, 15) is 0 Å². The van der Waals surface area contributed by atoms with Crippen LogP contribution in [0.4, 0.5) is 0 Å². The van der Waals surface area contributed by atoms with Gasteiger partial charge in [-0.25, -0.2) is 0 Å². The van der Waals surface area contributed by atoms with Gasteiger partial charge in [-0.05, 0) is 73.4 Å². The molecule has 1 aliphatic carbocycles. The first-order chi connectivity index (χ1) is 14.3. The number of rotatable bonds is 11. The minimum atomic E-state index is 0.806. The summed E-state index contributed by atoms with van der Waals surface area (Å²) in [5, 5.41) is 0. The Kier molecular flexibility index (Phi) is 9.05. The largest absolute Gasteiger partial charge is 0.494 e. The normalized spacial score (nSPS) is 19.2. The van der Waals surface area contributed by atoms with Gasteiger partial charge in [-0.1, -0.05) is 64.9 Å². The van der Waals surface area contributed by atoms with E-state index in [1.807, 2.05) is 0 Å². The van der Waals surface area contributed by atoms with E-state index in [2.05, 4.69) is 56.4 Å². The average molecular weight is 394 g/mol. The summed E-state index contributed by atoms with van der Waals surface area (Å²) in [7, 11) is 0. The highest BCUT2D eigenvalue weighted by molar-refractivity contribution is 5.60. The number of benzene rings is 1. The lowest BCUT2D eigenvalue weighted by Crippen LogP contribution is -2.16. The van der Waals surface area contributed by atoms with Gasteiger partial charge in [0, 0.05) is 11.8 Å². The van der Waals surface area contributed by atoms with Crippen molar-refractivity contribution in [3.05, 3.63) is 48.2 Å². The average Bonchev–Trinajstić information content (AvgIpc) is 2.77. The van der Waals surface area contributed by atoms with Crippen molar-refractivity contribution in [2.45, 2.75) is 84.5 Å². The van der Waals surface area contributed by atoms with Gasteiger partial charge < -0.3 is 4.74 Å². The maximum Gasteiger partial charge on any atom is 0.119 e. The fourth-order valence-electron chi connectivity index (χ4n) is 4.71. The van der Waals surface area contributed by atoms with Crippen LogP contribution in [0, 0.1) is 11.8 Å². The van der Waals surface area contributed by atoms with Crippen LogP contribution >= 0.6 is 0 Å². The monoisotopic (exact) mass is 393 g/mol. The Hall–Kier alpha value is -1.83. The van der Waals surface area contributed by atoms with Crippen LogP contribution in [-0.4, -0.2) is 11.6 Å². The molecule has 0 spiro atoms. The van der Waals surface area contributed by atoms with Crippen molar-refractivity contribution in [2.75, 3.05) is 6.61 Å². The second-order valence-corrected chi connectivity index (χ2v) is 8.86. The molecule has 2 aromatic rings. The van der Waals surface area contributed by atoms with E-state index in [1.165, 1.54) is 69.8 Å². The molecular weight excluding hydrogens is 354 g/mol. The Bertz CT molecular complexity index is 689. The molecule has 0 N–H and O–H groups in total. The molecule has 0 saturated heterocycles. The Labute approximate surface area is 178 Å². The van der Waals surface area contributed by atoms with Crippen molar-refractivity contribution in [1.29, 1.82) is 0 Å². The number of unbranched alkanes of at least 4 members (excludes halogenated alkanes) is 2. The summed E-state index contributed by atoms with van der Waals surface area (Å²) >= 11 is 0. The topological polar surface area (TPSA) is 22.1 Å². The van der Waals surface area contributed by atoms with Crippen LogP contribution in [0.5, 0.6) is 5.75 Å². The molecule has 0 bridgehead atoms. The predicted octanol–water partition coefficient (Wildman–Crippen LogP) is 7.86. The smallest absolute Gasteiger partial charge is 0.119 e. The van der Waals surface area contributed by atoms with E-state index in [0.717, 1.165) is 41.9 Å². The molecular formula is C27H39NO. The van der Waals surface area contributed by atoms with Gasteiger partial charge in [-0.15, -0.1) is 0 Å². The molecule has 2 heteroatoms. The summed E-state index contributed by atoms with van der Waals surface area (Å²) in [6.07, 6.45) is 16.7. The van der Waals surface area contributed by atoms with Crippen molar-refractivity contribution < 1.29 is 4.74 Å². The quantitative estimate of drug-likeness (QED) is 0.362. The summed E-state index contributed by atoms with van der Waals surface area (Å²) in [5.41, 5.74) is 3.58. The van der Waals surface area contributed by atoms with Gasteiger partial charge in [0.15, 0.2) is 0 Å². The lowest BCUT2D eigenvalue weighted by atomic mass is 9.77. The number of aryl methyl sites for hydroxylation is 1. The molecule has 2 unspecified atom stereocenters. The molecule has 158 valence electrons. The molecule has 2 atom stereocenters. The maximum atomic E-state index is 5.81. The van der Waals surface area contributed by atoms with Gasteiger partial charge in [0.25, 0.3) is 0 Å². The third-order valence-electron chi connectivity index (χ3n) is 6.42. The van der Waals surface area contributed by atoms with Crippen molar-refractivity contribution >= 4 is 0 Å². The third-order valence-corrected chi connectivity index (χ3v) is 6.42. The van der Waals surface area contributed by atoms with E-state index in [0.29, 0.717) is 0 Å². The molecule has 1 fully saturated rings. The number of pyridine rings is 1. The van der Waals surface area contributed by atoms with Gasteiger partial charge >= 0.3 is 0 Å². The molecule has 1 heterocycles. The van der Waals surface area contributed by atoms with E-state index < -0.39 is 0 Å². The number of hydrogen-bond acceptors (Lipinski definition) is 2. The third kappa shape index (κ3) is 7.17. The predicted molar refractivity (Wildman–Crippen MR) is 123 cm³/mol. The van der Waals surface area contributed by atoms with E-state index in [-0.39, 0.29) is 0 Å². The first-order valence-corrected chi connectivity index (χ1v) is 12.0. The van der Waals surface area contributed by atoms with Crippen LogP contribution in [0.2, 0.25) is 0 Å². The fraction of sp³-hybridized carbons (Fsp3) is 0.593. The second kappa shape index (κ2) is 12.0. The highest BCUT2D eigenvalue weighted by Gasteiger charge is 2.21. The van der Waals surface area contributed by atoms with Crippen LogP contribution in [0.1, 0.15) is 83.6 Å². The standard InChI is InChI=1S/C27H39NO/c1-3-5-6-19-29-26-16-14-25(15-17-26)27-18-13-24(21-28-27)12-11-23-10-7-9-22(20-23)8-4-2/h13-18,21-23H,3-12,19-20H2,1-2H3. The van der Waals surface area contributed by atoms with Gasteiger partial charge in [0.05, 0.1) is 12.3 Å². The molecule has 0 aliphatic heterocycles. The molecule has 0 amide bonds. The second-order valence-electron chi connectivity index (χ2n) is 8.86. The van der Waals surface area contributed by atoms with Crippen LogP contribution in [0.15, 0.2) is 42.6 Å². The minimum absolute atomic E-state index is 0.806. The Balaban J connectivity index is 1.47. The molecule has 1 aliphatic rings. The zero-order valence-corrected chi connectivity index (χ0v) is 18.5. The summed E-state index contributed by atoms with van der Waals surface area (Å²) in [6.45, 7) is 5.34. The SMILES string of the molecule is CCCCCOc1ccc(-c2ccc(CCC3CCCC(CCC)C3)cn2)cc1. The van der Waals surface area contributed by atoms with Crippen molar-refractivity contribution in [3.8, 4) is 17.0 Å². The molecule has 1 aromatic heterocycles. The Morgan fingerprint density at radius 2 is 1.69 bits per heavy atom. The fourth-order valence-corrected chi connectivity index (χ4v) is 4.71. The van der Waals surface area contributed by atoms with E-state index in [4.69, 9.17) is 9.72 Å². The first-order valence-electron chi connectivity index (χ1n) is 12.0. The van der Waals surface area contributed by atoms with Gasteiger partial charge in [0.1, 0.15) is 5.75 Å². The van der Waals surface area contributed by atoms with Crippen LogP contribution < -0.4 is 4.74 Å². The zero-order chi connectivity index (χ0) is 20.3. The Morgan fingerprint density at radius 3 is 2.38 bits per heavy atom. The number of hydrogen-bond donors (Lipinski definition) is 0. The maximum absolute atomic E-state index is 5.81. The van der Waals surface area contributed by atoms with Crippen molar-refractivity contribution in [2.24, 2.45) is 11.8 Å². The first kappa shape index (κ1) is 21.9. The van der Waals surface area contributed by atoms with Gasteiger partial charge in [-0.2, -0.15) is 0 Å². The summed E-state index contributed by atoms with van der Waals surface area (Å²) in [5.74, 6) is 2.86. The molecule has 1 aromatic carbocycles. The lowest BCUT2D eigenvalue weighted by molar-refractivity contribution is 0.243. The highest BCUT2D eigenvalue weighted by atomic mass is 16.5. The molecule has 3 rings (SSSR count). The number of ether oxygens (including phenoxy) is 1. The molecule has 2 nitrogen and oxygen atoms in total. The van der Waals surface area contributed by atoms with Gasteiger partial charge in [-0.3, -0.25) is 4.98 Å². The zero-order valence-electron chi connectivity index (χ0n) is 18.5. The number of nitrogens with zero attached hydrogens (tertiary/aromatic N) is 1. The minimum Gasteiger partial charge on any atom is -0.494 e. The molecule has 1 saturated carbocycles. The van der Waals surface area contributed by atoms with Crippen LogP contribution in [-0.2, 0) is 6.42 Å². The van der Waals surface area contributed by atoms with E-state index >= 15 is 0 Å². The lowest BCUT2D eigenvalue weighted by Gasteiger charge is -2.29. The number of aromatic nitrogens is 1. The summed E-state index contributed by atoms with van der Waals surface area (Å²) in [4.78, 5) is 4.73. The Morgan fingerprint density at radius 1 is 0.897 bits per heavy atom. The van der Waals surface area contributed by atoms with Crippen molar-refractivity contribution in [3.63, 3.8) is 0 Å². The van der Waals surface area contributed by atoms with Gasteiger partial charge in [0.2, 0.25) is 0 Å². The summed E-state index contributed by atoms with van der Waals surface area (Å²) in [6, 6.07) is 12.8. The van der Waals surface area contributed by atoms with Crippen LogP contribution in [0.25, 0.3) is 11.3 Å². The summed E-state index contributed by atoms with van der Waals surface area (Å²) < 4.78 is 5.81. The van der Waals surface area contributed by atoms with Crippen molar-refractivity contribution in [1.82, 2.24) is 4.98 Å².